The van der Waals surface area contributed by atoms with Gasteiger partial charge in [-0.2, -0.15) is 0 Å². The van der Waals surface area contributed by atoms with Crippen molar-refractivity contribution < 1.29 is 4.92 Å². The van der Waals surface area contributed by atoms with Crippen LogP contribution in [0.5, 0.6) is 0 Å². The molecule has 0 aliphatic carbocycles. The zero-order valence-corrected chi connectivity index (χ0v) is 11.2. The summed E-state index contributed by atoms with van der Waals surface area (Å²) in [7, 11) is 0. The van der Waals surface area contributed by atoms with Crippen LogP contribution in [0.1, 0.15) is 5.56 Å². The highest BCUT2D eigenvalue weighted by Crippen LogP contribution is 2.39. The normalized spacial score (nSPS) is 10.2. The van der Waals surface area contributed by atoms with Crippen LogP contribution < -0.4 is 0 Å². The number of nitro benzene ring substituents is 1. The van der Waals surface area contributed by atoms with Crippen molar-refractivity contribution in [3.63, 3.8) is 0 Å². The highest BCUT2D eigenvalue weighted by atomic mass is 79.9. The van der Waals surface area contributed by atoms with Gasteiger partial charge in [-0.3, -0.25) is 10.1 Å². The summed E-state index contributed by atoms with van der Waals surface area (Å²) < 4.78 is 1.91. The van der Waals surface area contributed by atoms with Gasteiger partial charge < -0.3 is 0 Å². The van der Waals surface area contributed by atoms with Crippen LogP contribution in [0.25, 0.3) is 0 Å². The number of nitrogens with zero attached hydrogens (tertiary/aromatic N) is 1. The van der Waals surface area contributed by atoms with E-state index >= 15 is 0 Å². The predicted octanol–water partition coefficient (Wildman–Crippen LogP) is 4.19. The van der Waals surface area contributed by atoms with Crippen molar-refractivity contribution in [2.24, 2.45) is 0 Å². The summed E-state index contributed by atoms with van der Waals surface area (Å²) in [5.74, 6) is 0. The lowest BCUT2D eigenvalue weighted by molar-refractivity contribution is -0.386. The number of hydrogen-bond donors (Lipinski definition) is 0. The Bertz CT molecular complexity index is 378. The molecule has 0 spiro atoms. The lowest BCUT2D eigenvalue weighted by atomic mass is 10.2. The molecule has 3 nitrogen and oxygen atoms in total. The van der Waals surface area contributed by atoms with Gasteiger partial charge in [0.2, 0.25) is 0 Å². The lowest BCUT2D eigenvalue weighted by Gasteiger charge is -2.03. The van der Waals surface area contributed by atoms with Gasteiger partial charge in [-0.15, -0.1) is 0 Å². The predicted molar refractivity (Wildman–Crippen MR) is 60.9 cm³/mol. The number of rotatable bonds is 1. The van der Waals surface area contributed by atoms with E-state index in [0.29, 0.717) is 14.5 Å². The van der Waals surface area contributed by atoms with Gasteiger partial charge in [0.1, 0.15) is 4.47 Å². The van der Waals surface area contributed by atoms with Crippen molar-refractivity contribution in [3.8, 4) is 0 Å². The third-order valence-corrected chi connectivity index (χ3v) is 4.79. The molecular formula is C7H4Br3NO2. The van der Waals surface area contributed by atoms with Crippen molar-refractivity contribution in [3.05, 3.63) is 35.2 Å². The van der Waals surface area contributed by atoms with Crippen LogP contribution >= 0.6 is 47.8 Å². The second-order valence-electron chi connectivity index (χ2n) is 2.41. The molecule has 0 fully saturated rings. The van der Waals surface area contributed by atoms with Gasteiger partial charge in [-0.25, -0.2) is 0 Å². The topological polar surface area (TPSA) is 43.1 Å². The third-order valence-electron chi connectivity index (χ3n) is 1.51. The van der Waals surface area contributed by atoms with Gasteiger partial charge in [-0.05, 0) is 60.8 Å². The summed E-state index contributed by atoms with van der Waals surface area (Å²) in [5.41, 5.74) is 0.710. The smallest absolute Gasteiger partial charge is 0.258 e. The van der Waals surface area contributed by atoms with Crippen LogP contribution in [0.4, 0.5) is 5.69 Å². The SMILES string of the molecule is Cc1cc(Br)c(Br)c(Br)c1[N+](=O)[O-]. The fraction of sp³-hybridized carbons (Fsp3) is 0.143. The number of hydrogen-bond acceptors (Lipinski definition) is 2. The van der Waals surface area contributed by atoms with E-state index in [1.807, 2.05) is 0 Å². The van der Waals surface area contributed by atoms with Crippen molar-refractivity contribution in [1.29, 1.82) is 0 Å². The van der Waals surface area contributed by atoms with E-state index in [-0.39, 0.29) is 5.69 Å². The molecule has 0 saturated carbocycles. The first-order valence-corrected chi connectivity index (χ1v) is 5.61. The summed E-state index contributed by atoms with van der Waals surface area (Å²) in [6, 6.07) is 1.70. The summed E-state index contributed by atoms with van der Waals surface area (Å²) in [4.78, 5) is 10.2. The fourth-order valence-electron chi connectivity index (χ4n) is 0.928. The van der Waals surface area contributed by atoms with Crippen LogP contribution in [0, 0.1) is 17.0 Å². The molecule has 6 heteroatoms. The summed E-state index contributed by atoms with van der Waals surface area (Å²) in [6.45, 7) is 1.69. The molecule has 1 aromatic carbocycles. The Morgan fingerprint density at radius 3 is 2.31 bits per heavy atom. The summed E-state index contributed by atoms with van der Waals surface area (Å²) >= 11 is 9.68. The monoisotopic (exact) mass is 371 g/mol. The average Bonchev–Trinajstić information content (AvgIpc) is 1.99. The second-order valence-corrected chi connectivity index (χ2v) is 4.85. The van der Waals surface area contributed by atoms with E-state index in [0.717, 1.165) is 4.47 Å². The van der Waals surface area contributed by atoms with Gasteiger partial charge in [0.05, 0.1) is 9.40 Å². The van der Waals surface area contributed by atoms with Crippen molar-refractivity contribution in [1.82, 2.24) is 0 Å². The van der Waals surface area contributed by atoms with E-state index in [4.69, 9.17) is 0 Å². The van der Waals surface area contributed by atoms with Crippen LogP contribution in [0.3, 0.4) is 0 Å². The van der Waals surface area contributed by atoms with Crippen LogP contribution in [-0.2, 0) is 0 Å². The van der Waals surface area contributed by atoms with E-state index in [1.165, 1.54) is 0 Å². The minimum absolute atomic E-state index is 0.0927. The maximum atomic E-state index is 10.6. The molecule has 0 saturated heterocycles. The highest BCUT2D eigenvalue weighted by Gasteiger charge is 2.20. The van der Waals surface area contributed by atoms with Crippen LogP contribution in [-0.4, -0.2) is 4.92 Å². The van der Waals surface area contributed by atoms with E-state index < -0.39 is 4.92 Å². The van der Waals surface area contributed by atoms with Crippen molar-refractivity contribution in [2.75, 3.05) is 0 Å². The van der Waals surface area contributed by atoms with E-state index in [9.17, 15) is 10.1 Å². The maximum Gasteiger partial charge on any atom is 0.287 e. The van der Waals surface area contributed by atoms with Crippen LogP contribution in [0.15, 0.2) is 19.5 Å². The van der Waals surface area contributed by atoms with Gasteiger partial charge >= 0.3 is 0 Å². The summed E-state index contributed by atoms with van der Waals surface area (Å²) in [5, 5.41) is 10.6. The Hall–Kier alpha value is 0.0600. The Morgan fingerprint density at radius 1 is 1.31 bits per heavy atom. The molecule has 0 amide bonds. The Labute approximate surface area is 100 Å². The minimum Gasteiger partial charge on any atom is -0.258 e. The number of benzene rings is 1. The van der Waals surface area contributed by atoms with Gasteiger partial charge in [-0.1, -0.05) is 0 Å². The zero-order valence-electron chi connectivity index (χ0n) is 6.47. The molecule has 0 radical (unpaired) electrons. The largest absolute Gasteiger partial charge is 0.287 e. The first-order valence-electron chi connectivity index (χ1n) is 3.23. The van der Waals surface area contributed by atoms with Gasteiger partial charge in [0.15, 0.2) is 0 Å². The fourth-order valence-corrected chi connectivity index (χ4v) is 2.71. The zero-order chi connectivity index (χ0) is 10.2. The molecule has 0 aromatic heterocycles. The highest BCUT2D eigenvalue weighted by molar-refractivity contribution is 9.14. The maximum absolute atomic E-state index is 10.6. The standard InChI is InChI=1S/C7H4Br3NO2/c1-3-2-4(8)5(9)6(10)7(3)11(12)13/h2H,1H3. The molecule has 0 bridgehead atoms. The number of halogens is 3. The van der Waals surface area contributed by atoms with Crippen LogP contribution in [0.2, 0.25) is 0 Å². The molecule has 13 heavy (non-hydrogen) atoms. The Kier molecular flexibility index (Phi) is 3.48. The minimum atomic E-state index is -0.406. The van der Waals surface area contributed by atoms with Gasteiger partial charge in [0.25, 0.3) is 5.69 Å². The van der Waals surface area contributed by atoms with E-state index in [2.05, 4.69) is 47.8 Å². The molecule has 0 aliphatic heterocycles. The molecule has 70 valence electrons. The first kappa shape index (κ1) is 11.1. The lowest BCUT2D eigenvalue weighted by Crippen LogP contribution is -1.94. The second kappa shape index (κ2) is 4.06. The molecule has 0 aliphatic rings. The molecule has 1 rings (SSSR count). The molecule has 0 N–H and O–H groups in total. The average molecular weight is 374 g/mol. The third kappa shape index (κ3) is 2.11. The Morgan fingerprint density at radius 2 is 1.85 bits per heavy atom. The first-order chi connectivity index (χ1) is 5.95. The van der Waals surface area contributed by atoms with E-state index in [1.54, 1.807) is 13.0 Å². The van der Waals surface area contributed by atoms with Crippen molar-refractivity contribution in [2.45, 2.75) is 6.92 Å². The molecule has 0 heterocycles. The Balaban J connectivity index is 3.53. The quantitative estimate of drug-likeness (QED) is 0.421. The molecule has 1 aromatic rings. The van der Waals surface area contributed by atoms with Gasteiger partial charge in [0, 0.05) is 10.0 Å². The molecule has 0 unspecified atom stereocenters. The summed E-state index contributed by atoms with van der Waals surface area (Å²) in [6.07, 6.45) is 0. The van der Waals surface area contributed by atoms with Crippen molar-refractivity contribution >= 4 is 53.5 Å². The number of nitro groups is 1. The molecular weight excluding hydrogens is 370 g/mol. The molecule has 0 atom stereocenters. The number of aryl methyl sites for hydroxylation is 1.